The van der Waals surface area contributed by atoms with Crippen LogP contribution in [0, 0.1) is 0 Å². The van der Waals surface area contributed by atoms with Crippen molar-refractivity contribution in [3.8, 4) is 34.5 Å². The highest BCUT2D eigenvalue weighted by molar-refractivity contribution is 5.97. The maximum Gasteiger partial charge on any atom is 0.331 e. The summed E-state index contributed by atoms with van der Waals surface area (Å²) >= 11 is 0. The molecule has 2 aliphatic rings. The van der Waals surface area contributed by atoms with Gasteiger partial charge in [0.05, 0.1) is 34.5 Å². The predicted octanol–water partition coefficient (Wildman–Crippen LogP) is 0.290. The Bertz CT molecular complexity index is 2080. The number of aliphatic hydroxyl groups is 5. The van der Waals surface area contributed by atoms with Gasteiger partial charge in [0.25, 0.3) is 0 Å². The number of benzene rings is 3. The van der Waals surface area contributed by atoms with Gasteiger partial charge in [-0.1, -0.05) is 6.07 Å². The van der Waals surface area contributed by atoms with E-state index >= 15 is 0 Å². The minimum Gasteiger partial charge on any atom is -0.504 e. The third-order valence-corrected chi connectivity index (χ3v) is 8.91. The van der Waals surface area contributed by atoms with Gasteiger partial charge in [-0.25, -0.2) is 4.79 Å². The SMILES string of the molecule is COc1cc(OC2OC(COC3OCC(O)C(O)C3OC(=O)C=Cc3ccc(O)c(OC)c3)C(O)C(O)C2O)c2c(=O)c3c(O)c(OC)ccc3oc2c1. The van der Waals surface area contributed by atoms with Gasteiger partial charge in [0, 0.05) is 18.2 Å². The molecule has 290 valence electrons. The molecule has 0 radical (unpaired) electrons. The molecule has 0 bridgehead atoms. The third-order valence-electron chi connectivity index (χ3n) is 8.91. The molecular formula is C36H38O18. The number of esters is 1. The zero-order valence-corrected chi connectivity index (χ0v) is 28.9. The summed E-state index contributed by atoms with van der Waals surface area (Å²) < 4.78 is 49.7. The first-order chi connectivity index (χ1) is 25.8. The van der Waals surface area contributed by atoms with Gasteiger partial charge in [0.15, 0.2) is 35.4 Å². The number of phenolic OH excluding ortho intramolecular Hbond substituents is 2. The average molecular weight is 759 g/mol. The fourth-order valence-corrected chi connectivity index (χ4v) is 5.98. The van der Waals surface area contributed by atoms with E-state index in [-0.39, 0.29) is 50.7 Å². The Morgan fingerprint density at radius 1 is 0.815 bits per heavy atom. The van der Waals surface area contributed by atoms with Crippen molar-refractivity contribution in [2.45, 2.75) is 55.3 Å². The summed E-state index contributed by atoms with van der Waals surface area (Å²) in [6, 6.07) is 9.85. The highest BCUT2D eigenvalue weighted by Gasteiger charge is 2.47. The number of hydrogen-bond donors (Lipinski definition) is 7. The van der Waals surface area contributed by atoms with Crippen LogP contribution in [0.2, 0.25) is 0 Å². The van der Waals surface area contributed by atoms with E-state index in [1.165, 1.54) is 69.9 Å². The van der Waals surface area contributed by atoms with Crippen molar-refractivity contribution in [3.05, 3.63) is 64.3 Å². The van der Waals surface area contributed by atoms with E-state index in [9.17, 15) is 45.3 Å². The molecule has 9 atom stereocenters. The van der Waals surface area contributed by atoms with E-state index in [2.05, 4.69) is 0 Å². The van der Waals surface area contributed by atoms with Gasteiger partial charge in [0.2, 0.25) is 11.7 Å². The summed E-state index contributed by atoms with van der Waals surface area (Å²) in [5.41, 5.74) is -0.272. The lowest BCUT2D eigenvalue weighted by atomic mass is 9.99. The molecule has 9 unspecified atom stereocenters. The number of carbonyl (C=O) groups is 1. The lowest BCUT2D eigenvalue weighted by Crippen LogP contribution is -2.61. The molecule has 0 saturated carbocycles. The number of methoxy groups -OCH3 is 3. The quantitative estimate of drug-likeness (QED) is 0.0616. The Kier molecular flexibility index (Phi) is 11.5. The normalized spacial score (nSPS) is 27.2. The summed E-state index contributed by atoms with van der Waals surface area (Å²) in [7, 11) is 4.01. The van der Waals surface area contributed by atoms with Gasteiger partial charge in [0.1, 0.15) is 70.1 Å². The zero-order valence-electron chi connectivity index (χ0n) is 28.9. The zero-order chi connectivity index (χ0) is 38.8. The fraction of sp³-hybridized carbons (Fsp3) is 0.389. The first kappa shape index (κ1) is 38.5. The number of fused-ring (bicyclic) bond motifs is 2. The maximum atomic E-state index is 13.8. The van der Waals surface area contributed by atoms with E-state index in [4.69, 9.17) is 42.3 Å². The van der Waals surface area contributed by atoms with Gasteiger partial charge in [-0.05, 0) is 35.9 Å². The van der Waals surface area contributed by atoms with Crippen molar-refractivity contribution in [2.24, 2.45) is 0 Å². The van der Waals surface area contributed by atoms with Crippen molar-refractivity contribution >= 4 is 34.0 Å². The molecule has 2 fully saturated rings. The summed E-state index contributed by atoms with van der Waals surface area (Å²) in [6.45, 7) is -1.03. The van der Waals surface area contributed by atoms with E-state index in [1.54, 1.807) is 0 Å². The largest absolute Gasteiger partial charge is 0.504 e. The smallest absolute Gasteiger partial charge is 0.331 e. The molecule has 54 heavy (non-hydrogen) atoms. The Morgan fingerprint density at radius 2 is 1.57 bits per heavy atom. The molecule has 7 N–H and O–H groups in total. The molecular weight excluding hydrogens is 720 g/mol. The second-order valence-corrected chi connectivity index (χ2v) is 12.3. The first-order valence-corrected chi connectivity index (χ1v) is 16.4. The number of ether oxygens (including phenoxy) is 8. The summed E-state index contributed by atoms with van der Waals surface area (Å²) in [5, 5.41) is 73.5. The van der Waals surface area contributed by atoms with Gasteiger partial charge in [-0.3, -0.25) is 4.79 Å². The van der Waals surface area contributed by atoms with Crippen LogP contribution < -0.4 is 24.4 Å². The Balaban J connectivity index is 1.21. The van der Waals surface area contributed by atoms with Gasteiger partial charge >= 0.3 is 5.97 Å². The molecule has 3 aromatic carbocycles. The molecule has 18 heteroatoms. The van der Waals surface area contributed by atoms with Crippen LogP contribution in [0.5, 0.6) is 34.5 Å². The predicted molar refractivity (Wildman–Crippen MR) is 183 cm³/mol. The van der Waals surface area contributed by atoms with Crippen LogP contribution >= 0.6 is 0 Å². The van der Waals surface area contributed by atoms with Gasteiger partial charge in [-0.15, -0.1) is 0 Å². The average Bonchev–Trinajstić information content (AvgIpc) is 3.16. The van der Waals surface area contributed by atoms with Crippen LogP contribution in [0.3, 0.4) is 0 Å². The van der Waals surface area contributed by atoms with E-state index < -0.39 is 85.7 Å². The number of rotatable bonds is 11. The summed E-state index contributed by atoms with van der Waals surface area (Å²) in [6.07, 6.45) is -12.6. The Labute approximate surface area is 305 Å². The Morgan fingerprint density at radius 3 is 2.30 bits per heavy atom. The lowest BCUT2D eigenvalue weighted by molar-refractivity contribution is -0.308. The van der Waals surface area contributed by atoms with Gasteiger partial charge < -0.3 is 78.1 Å². The minimum atomic E-state index is -1.88. The summed E-state index contributed by atoms with van der Waals surface area (Å²) in [5.74, 6) is -1.48. The van der Waals surface area contributed by atoms with E-state index in [0.717, 1.165) is 6.08 Å². The number of aliphatic hydroxyl groups excluding tert-OH is 5. The van der Waals surface area contributed by atoms with Crippen molar-refractivity contribution in [2.75, 3.05) is 34.5 Å². The van der Waals surface area contributed by atoms with Crippen LogP contribution in [0.25, 0.3) is 28.0 Å². The minimum absolute atomic E-state index is 0.00341. The van der Waals surface area contributed by atoms with Crippen molar-refractivity contribution in [1.29, 1.82) is 0 Å². The standard InChI is InChI=1S/C36H38O18/c1-46-16-11-22-26(31(43)27-19(51-22)7-8-20(47-2)29(27)41)23(12-16)52-35-33(45)32(44)30(42)24(53-35)14-50-36-34(28(40)18(38)13-49-36)54-25(39)9-5-15-4-6-17(37)21(10-15)48-3/h4-12,18,24,28,30,32-38,40-42,44-45H,13-14H2,1-3H3. The molecule has 0 amide bonds. The van der Waals surface area contributed by atoms with Crippen molar-refractivity contribution < 1.29 is 82.9 Å². The monoisotopic (exact) mass is 758 g/mol. The lowest BCUT2D eigenvalue weighted by Gasteiger charge is -2.41. The molecule has 0 spiro atoms. The van der Waals surface area contributed by atoms with Crippen LogP contribution in [0.15, 0.2) is 57.8 Å². The molecule has 4 aromatic rings. The number of aromatic hydroxyl groups is 2. The van der Waals surface area contributed by atoms with E-state index in [0.29, 0.717) is 5.56 Å². The van der Waals surface area contributed by atoms with Crippen LogP contribution in [0.1, 0.15) is 5.56 Å². The molecule has 3 heterocycles. The van der Waals surface area contributed by atoms with Crippen molar-refractivity contribution in [1.82, 2.24) is 0 Å². The van der Waals surface area contributed by atoms with E-state index in [1.807, 2.05) is 0 Å². The highest BCUT2D eigenvalue weighted by Crippen LogP contribution is 2.38. The molecule has 1 aromatic heterocycles. The first-order valence-electron chi connectivity index (χ1n) is 16.4. The molecule has 2 saturated heterocycles. The molecule has 2 aliphatic heterocycles. The van der Waals surface area contributed by atoms with Crippen molar-refractivity contribution in [3.63, 3.8) is 0 Å². The number of phenols is 2. The molecule has 18 nitrogen and oxygen atoms in total. The van der Waals surface area contributed by atoms with Crippen LogP contribution in [-0.4, -0.2) is 132 Å². The molecule has 0 aliphatic carbocycles. The third kappa shape index (κ3) is 7.59. The number of hydrogen-bond acceptors (Lipinski definition) is 18. The van der Waals surface area contributed by atoms with Crippen LogP contribution in [0.4, 0.5) is 0 Å². The Hall–Kier alpha value is -5.18. The topological polar surface area (TPSA) is 263 Å². The van der Waals surface area contributed by atoms with Gasteiger partial charge in [-0.2, -0.15) is 0 Å². The number of carbonyl (C=O) groups excluding carboxylic acids is 1. The fourth-order valence-electron chi connectivity index (χ4n) is 5.98. The maximum absolute atomic E-state index is 13.8. The van der Waals surface area contributed by atoms with Crippen LogP contribution in [-0.2, 0) is 23.7 Å². The second kappa shape index (κ2) is 16.0. The second-order valence-electron chi connectivity index (χ2n) is 12.3. The summed E-state index contributed by atoms with van der Waals surface area (Å²) in [4.78, 5) is 26.5. The molecule has 6 rings (SSSR count). The highest BCUT2D eigenvalue weighted by atomic mass is 16.7.